The lowest BCUT2D eigenvalue weighted by Gasteiger charge is -2.07. The van der Waals surface area contributed by atoms with Crippen molar-refractivity contribution in [2.45, 2.75) is 6.10 Å². The summed E-state index contributed by atoms with van der Waals surface area (Å²) in [7, 11) is 0. The number of pyridine rings is 1. The molecule has 13 heavy (non-hydrogen) atoms. The maximum atomic E-state index is 12.9. The summed E-state index contributed by atoms with van der Waals surface area (Å²) in [4.78, 5) is 3.49. The Morgan fingerprint density at radius 1 is 1.54 bits per heavy atom. The van der Waals surface area contributed by atoms with Crippen LogP contribution in [0.3, 0.4) is 0 Å². The van der Waals surface area contributed by atoms with Gasteiger partial charge in [-0.25, -0.2) is 9.37 Å². The van der Waals surface area contributed by atoms with Gasteiger partial charge in [0, 0.05) is 5.56 Å². The zero-order valence-corrected chi connectivity index (χ0v) is 7.98. The molecule has 0 fully saturated rings. The van der Waals surface area contributed by atoms with Crippen LogP contribution in [-0.2, 0) is 0 Å². The van der Waals surface area contributed by atoms with Crippen LogP contribution in [0.4, 0.5) is 4.39 Å². The minimum absolute atomic E-state index is 0.0289. The molecule has 1 rings (SSSR count). The normalized spacial score (nSPS) is 12.6. The Balaban J connectivity index is 3.22. The molecule has 1 unspecified atom stereocenters. The van der Waals surface area contributed by atoms with Gasteiger partial charge in [-0.05, 0) is 6.07 Å². The van der Waals surface area contributed by atoms with Crippen molar-refractivity contribution < 1.29 is 9.50 Å². The number of rotatable bonds is 2. The molecule has 0 radical (unpaired) electrons. The highest BCUT2D eigenvalue weighted by molar-refractivity contribution is 6.33. The number of aliphatic hydroxyl groups is 1. The van der Waals surface area contributed by atoms with Crippen molar-refractivity contribution in [3.05, 3.63) is 40.4 Å². The first-order chi connectivity index (χ1) is 6.06. The van der Waals surface area contributed by atoms with Crippen LogP contribution in [0.2, 0.25) is 10.3 Å². The molecule has 0 spiro atoms. The van der Waals surface area contributed by atoms with Gasteiger partial charge in [0.2, 0.25) is 0 Å². The van der Waals surface area contributed by atoms with Crippen molar-refractivity contribution in [3.8, 4) is 0 Å². The largest absolute Gasteiger partial charge is 0.384 e. The first-order valence-corrected chi connectivity index (χ1v) is 4.14. The van der Waals surface area contributed by atoms with Gasteiger partial charge in [-0.3, -0.25) is 0 Å². The number of aromatic nitrogens is 1. The maximum absolute atomic E-state index is 12.9. The lowest BCUT2D eigenvalue weighted by molar-refractivity contribution is 0.228. The summed E-state index contributed by atoms with van der Waals surface area (Å²) in [5.74, 6) is -0.720. The Labute approximate surface area is 84.6 Å². The molecule has 5 heteroatoms. The van der Waals surface area contributed by atoms with Crippen LogP contribution in [0.1, 0.15) is 11.7 Å². The number of hydrogen-bond acceptors (Lipinski definition) is 2. The molecule has 70 valence electrons. The van der Waals surface area contributed by atoms with Crippen LogP contribution in [-0.4, -0.2) is 10.1 Å². The highest BCUT2D eigenvalue weighted by atomic mass is 35.5. The molecule has 0 aliphatic carbocycles. The van der Waals surface area contributed by atoms with E-state index < -0.39 is 11.9 Å². The van der Waals surface area contributed by atoms with Crippen LogP contribution in [0.15, 0.2) is 18.7 Å². The smallest absolute Gasteiger partial charge is 0.166 e. The lowest BCUT2D eigenvalue weighted by atomic mass is 10.1. The van der Waals surface area contributed by atoms with Crippen molar-refractivity contribution in [3.63, 3.8) is 0 Å². The van der Waals surface area contributed by atoms with E-state index >= 15 is 0 Å². The van der Waals surface area contributed by atoms with Crippen molar-refractivity contribution >= 4 is 23.2 Å². The van der Waals surface area contributed by atoms with E-state index in [0.717, 1.165) is 6.07 Å². The van der Waals surface area contributed by atoms with Gasteiger partial charge in [0.15, 0.2) is 11.0 Å². The summed E-state index contributed by atoms with van der Waals surface area (Å²) >= 11 is 11.0. The molecule has 1 aromatic heterocycles. The Morgan fingerprint density at radius 3 is 2.69 bits per heavy atom. The van der Waals surface area contributed by atoms with Crippen LogP contribution in [0.25, 0.3) is 0 Å². The number of halogens is 3. The predicted molar refractivity (Wildman–Crippen MR) is 49.4 cm³/mol. The molecule has 0 saturated heterocycles. The summed E-state index contributed by atoms with van der Waals surface area (Å²) in [6.07, 6.45) is 0.183. The van der Waals surface area contributed by atoms with E-state index in [1.807, 2.05) is 0 Å². The van der Waals surface area contributed by atoms with Gasteiger partial charge < -0.3 is 5.11 Å². The number of nitrogens with zero attached hydrogens (tertiary/aromatic N) is 1. The molecule has 0 saturated carbocycles. The Bertz CT molecular complexity index is 343. The van der Waals surface area contributed by atoms with Gasteiger partial charge in [0.05, 0.1) is 6.10 Å². The first kappa shape index (κ1) is 10.4. The highest BCUT2D eigenvalue weighted by Crippen LogP contribution is 2.25. The molecule has 0 aromatic carbocycles. The molecule has 1 aromatic rings. The second kappa shape index (κ2) is 4.05. The minimum Gasteiger partial charge on any atom is -0.384 e. The zero-order chi connectivity index (χ0) is 10.0. The van der Waals surface area contributed by atoms with Crippen molar-refractivity contribution in [1.29, 1.82) is 0 Å². The predicted octanol–water partition coefficient (Wildman–Crippen LogP) is 2.75. The summed E-state index contributed by atoms with van der Waals surface area (Å²) < 4.78 is 12.9. The lowest BCUT2D eigenvalue weighted by Crippen LogP contribution is -1.98. The summed E-state index contributed by atoms with van der Waals surface area (Å²) in [5.41, 5.74) is 0.151. The van der Waals surface area contributed by atoms with Gasteiger partial charge in [0.1, 0.15) is 5.15 Å². The monoisotopic (exact) mass is 221 g/mol. The van der Waals surface area contributed by atoms with Gasteiger partial charge >= 0.3 is 0 Å². The molecule has 1 atom stereocenters. The van der Waals surface area contributed by atoms with Crippen LogP contribution in [0.5, 0.6) is 0 Å². The van der Waals surface area contributed by atoms with E-state index in [2.05, 4.69) is 11.6 Å². The Hall–Kier alpha value is -0.640. The molecular weight excluding hydrogens is 216 g/mol. The third kappa shape index (κ3) is 2.18. The van der Waals surface area contributed by atoms with Crippen molar-refractivity contribution in [1.82, 2.24) is 4.98 Å². The number of hydrogen-bond donors (Lipinski definition) is 1. The van der Waals surface area contributed by atoms with E-state index in [4.69, 9.17) is 23.2 Å². The Morgan fingerprint density at radius 2 is 2.15 bits per heavy atom. The fourth-order valence-electron chi connectivity index (χ4n) is 0.794. The molecule has 0 aliphatic heterocycles. The molecule has 0 amide bonds. The topological polar surface area (TPSA) is 33.1 Å². The van der Waals surface area contributed by atoms with Gasteiger partial charge in [-0.15, -0.1) is 6.58 Å². The molecular formula is C8H6Cl2FNO. The average Bonchev–Trinajstić information content (AvgIpc) is 2.10. The van der Waals surface area contributed by atoms with Crippen molar-refractivity contribution in [2.24, 2.45) is 0 Å². The van der Waals surface area contributed by atoms with Gasteiger partial charge in [-0.1, -0.05) is 29.3 Å². The summed E-state index contributed by atoms with van der Waals surface area (Å²) in [6, 6.07) is 1.03. The van der Waals surface area contributed by atoms with Gasteiger partial charge in [0.25, 0.3) is 0 Å². The van der Waals surface area contributed by atoms with E-state index in [0.29, 0.717) is 0 Å². The fraction of sp³-hybridized carbons (Fsp3) is 0.125. The minimum atomic E-state index is -1.04. The van der Waals surface area contributed by atoms with Crippen LogP contribution < -0.4 is 0 Å². The molecule has 2 nitrogen and oxygen atoms in total. The number of aliphatic hydroxyl groups excluding tert-OH is 1. The third-order valence-electron chi connectivity index (χ3n) is 1.46. The first-order valence-electron chi connectivity index (χ1n) is 3.38. The summed E-state index contributed by atoms with van der Waals surface area (Å²) in [5, 5.41) is 8.93. The molecule has 0 aliphatic rings. The van der Waals surface area contributed by atoms with E-state index in [1.165, 1.54) is 6.08 Å². The average molecular weight is 222 g/mol. The van der Waals surface area contributed by atoms with Crippen molar-refractivity contribution in [2.75, 3.05) is 0 Å². The van der Waals surface area contributed by atoms with Gasteiger partial charge in [-0.2, -0.15) is 0 Å². The third-order valence-corrected chi connectivity index (χ3v) is 2.02. The van der Waals surface area contributed by atoms with E-state index in [9.17, 15) is 9.50 Å². The molecule has 1 heterocycles. The Kier molecular flexibility index (Phi) is 3.25. The maximum Gasteiger partial charge on any atom is 0.166 e. The second-order valence-electron chi connectivity index (χ2n) is 2.32. The summed E-state index contributed by atoms with van der Waals surface area (Å²) in [6.45, 7) is 3.34. The molecule has 0 bridgehead atoms. The molecule has 1 N–H and O–H groups in total. The zero-order valence-electron chi connectivity index (χ0n) is 6.47. The van der Waals surface area contributed by atoms with Crippen LogP contribution in [0, 0.1) is 5.82 Å². The second-order valence-corrected chi connectivity index (χ2v) is 3.04. The fourth-order valence-corrected chi connectivity index (χ4v) is 1.23. The quantitative estimate of drug-likeness (QED) is 0.616. The van der Waals surface area contributed by atoms with E-state index in [1.54, 1.807) is 0 Å². The van der Waals surface area contributed by atoms with Crippen LogP contribution >= 0.6 is 23.2 Å². The highest BCUT2D eigenvalue weighted by Gasteiger charge is 2.13. The van der Waals surface area contributed by atoms with E-state index in [-0.39, 0.29) is 15.9 Å². The standard InChI is InChI=1S/C8H6Cl2FNO/c1-2-6(13)4-3-5(11)8(10)12-7(4)9/h2-3,6,13H,1H2. The SMILES string of the molecule is C=CC(O)c1cc(F)c(Cl)nc1Cl.